The van der Waals surface area contributed by atoms with E-state index in [9.17, 15) is 4.79 Å². The van der Waals surface area contributed by atoms with E-state index in [4.69, 9.17) is 15.3 Å². The van der Waals surface area contributed by atoms with Gasteiger partial charge in [0.1, 0.15) is 6.54 Å². The van der Waals surface area contributed by atoms with Crippen molar-refractivity contribution in [1.82, 2.24) is 0 Å². The maximum absolute atomic E-state index is 12.0. The van der Waals surface area contributed by atoms with E-state index in [-0.39, 0.29) is 13.2 Å². The fourth-order valence-corrected chi connectivity index (χ4v) is 1.84. The van der Waals surface area contributed by atoms with Gasteiger partial charge in [0, 0.05) is 19.3 Å². The van der Waals surface area contributed by atoms with Gasteiger partial charge in [0.2, 0.25) is 0 Å². The molecule has 0 saturated carbocycles. The van der Waals surface area contributed by atoms with Gasteiger partial charge in [-0.05, 0) is 19.1 Å². The Morgan fingerprint density at radius 3 is 2.81 bits per heavy atom. The Labute approximate surface area is 123 Å². The van der Waals surface area contributed by atoms with Gasteiger partial charge in [-0.25, -0.2) is 4.79 Å². The highest BCUT2D eigenvalue weighted by atomic mass is 16.5. The minimum atomic E-state index is -0.440. The van der Waals surface area contributed by atoms with Crippen LogP contribution in [0.1, 0.15) is 17.3 Å². The molecule has 0 unspecified atom stereocenters. The summed E-state index contributed by atoms with van der Waals surface area (Å²) in [6.07, 6.45) is 2.77. The smallest absolute Gasteiger partial charge is 0.340 e. The van der Waals surface area contributed by atoms with E-state index in [1.807, 2.05) is 12.1 Å². The van der Waals surface area contributed by atoms with Crippen LogP contribution in [0.15, 0.2) is 30.5 Å². The van der Waals surface area contributed by atoms with E-state index in [1.54, 1.807) is 37.1 Å². The minimum Gasteiger partial charge on any atom is -0.462 e. The first-order valence-electron chi connectivity index (χ1n) is 6.37. The Morgan fingerprint density at radius 1 is 1.48 bits per heavy atom. The molecule has 0 saturated heterocycles. The van der Waals surface area contributed by atoms with Crippen LogP contribution in [0, 0.1) is 22.7 Å². The lowest BCUT2D eigenvalue weighted by atomic mass is 10.1. The Morgan fingerprint density at radius 2 is 2.24 bits per heavy atom. The molecule has 0 bridgehead atoms. The third-order valence-corrected chi connectivity index (χ3v) is 2.67. The van der Waals surface area contributed by atoms with E-state index in [1.165, 1.54) is 12.3 Å². The number of carbonyl (C=O) groups is 1. The van der Waals surface area contributed by atoms with Gasteiger partial charge in [-0.15, -0.1) is 0 Å². The predicted molar refractivity (Wildman–Crippen MR) is 79.7 cm³/mol. The fraction of sp³-hybridized carbons (Fsp3) is 0.267. The number of carbonyl (C=O) groups excluding carboxylic acids is 1. The number of hydrogen-bond donors (Lipinski definition) is 1. The van der Waals surface area contributed by atoms with Gasteiger partial charge in [0.25, 0.3) is 0 Å². The van der Waals surface area contributed by atoms with Gasteiger partial charge in [0.05, 0.1) is 35.7 Å². The van der Waals surface area contributed by atoms with Crippen LogP contribution in [-0.2, 0) is 4.74 Å². The molecule has 1 aromatic rings. The molecule has 0 aromatic heterocycles. The molecule has 0 fully saturated rings. The average molecular weight is 284 g/mol. The second kappa shape index (κ2) is 8.23. The second-order valence-electron chi connectivity index (χ2n) is 3.90. The highest BCUT2D eigenvalue weighted by Gasteiger charge is 2.17. The number of esters is 1. The topological polar surface area (TPSA) is 89.2 Å². The fourth-order valence-electron chi connectivity index (χ4n) is 1.84. The highest BCUT2D eigenvalue weighted by Crippen LogP contribution is 2.30. The van der Waals surface area contributed by atoms with Crippen LogP contribution in [0.5, 0.6) is 0 Å². The number of anilines is 2. The summed E-state index contributed by atoms with van der Waals surface area (Å²) in [5.41, 5.74) is 1.55. The summed E-state index contributed by atoms with van der Waals surface area (Å²) in [7, 11) is 1.68. The van der Waals surface area contributed by atoms with Crippen LogP contribution < -0.4 is 10.2 Å². The van der Waals surface area contributed by atoms with Crippen molar-refractivity contribution in [2.75, 3.05) is 30.4 Å². The number of nitriles is 2. The van der Waals surface area contributed by atoms with Crippen molar-refractivity contribution in [2.45, 2.75) is 6.92 Å². The first kappa shape index (κ1) is 16.1. The lowest BCUT2D eigenvalue weighted by Crippen LogP contribution is -2.19. The van der Waals surface area contributed by atoms with E-state index in [0.29, 0.717) is 16.9 Å². The Hall–Kier alpha value is -2.99. The van der Waals surface area contributed by atoms with Crippen molar-refractivity contribution in [3.05, 3.63) is 36.0 Å². The average Bonchev–Trinajstić information content (AvgIpc) is 2.50. The van der Waals surface area contributed by atoms with E-state index in [0.717, 1.165) is 0 Å². The second-order valence-corrected chi connectivity index (χ2v) is 3.90. The highest BCUT2D eigenvalue weighted by molar-refractivity contribution is 5.99. The van der Waals surface area contributed by atoms with Gasteiger partial charge in [-0.2, -0.15) is 10.5 Å². The molecule has 0 radical (unpaired) electrons. The zero-order valence-electron chi connectivity index (χ0n) is 12.0. The Balaban J connectivity index is 3.31. The number of nitrogens with zero attached hydrogens (tertiary/aromatic N) is 3. The number of allylic oxidation sites excluding steroid dienone is 1. The molecular formula is C15H16N4O2. The van der Waals surface area contributed by atoms with Crippen LogP contribution in [0.25, 0.3) is 0 Å². The Kier molecular flexibility index (Phi) is 6.30. The number of ether oxygens (including phenoxy) is 1. The maximum Gasteiger partial charge on any atom is 0.340 e. The molecule has 0 aliphatic heterocycles. The van der Waals surface area contributed by atoms with Crippen LogP contribution in [-0.4, -0.2) is 26.2 Å². The predicted octanol–water partition coefficient (Wildman–Crippen LogP) is 2.27. The third kappa shape index (κ3) is 3.99. The molecule has 21 heavy (non-hydrogen) atoms. The normalized spacial score (nSPS) is 9.71. The largest absolute Gasteiger partial charge is 0.462 e. The first-order chi connectivity index (χ1) is 10.2. The van der Waals surface area contributed by atoms with Crippen molar-refractivity contribution in [1.29, 1.82) is 10.5 Å². The minimum absolute atomic E-state index is 0.0547. The van der Waals surface area contributed by atoms with Gasteiger partial charge in [0.15, 0.2) is 0 Å². The van der Waals surface area contributed by atoms with Crippen LogP contribution >= 0.6 is 0 Å². The van der Waals surface area contributed by atoms with E-state index in [2.05, 4.69) is 5.32 Å². The zero-order valence-corrected chi connectivity index (χ0v) is 12.0. The number of hydrogen-bond acceptors (Lipinski definition) is 6. The quantitative estimate of drug-likeness (QED) is 0.489. The lowest BCUT2D eigenvalue weighted by molar-refractivity contribution is 0.0527. The van der Waals surface area contributed by atoms with Gasteiger partial charge in [-0.3, -0.25) is 0 Å². The molecule has 1 aromatic carbocycles. The van der Waals surface area contributed by atoms with Crippen LogP contribution in [0.3, 0.4) is 0 Å². The van der Waals surface area contributed by atoms with E-state index < -0.39 is 5.97 Å². The van der Waals surface area contributed by atoms with Crippen LogP contribution in [0.4, 0.5) is 11.4 Å². The molecule has 6 heteroatoms. The summed E-state index contributed by atoms with van der Waals surface area (Å²) in [5, 5.41) is 20.5. The van der Waals surface area contributed by atoms with Crippen LogP contribution in [0.2, 0.25) is 0 Å². The monoisotopic (exact) mass is 284 g/mol. The molecular weight excluding hydrogens is 268 g/mol. The van der Waals surface area contributed by atoms with Crippen molar-refractivity contribution in [3.8, 4) is 12.1 Å². The molecule has 0 amide bonds. The summed E-state index contributed by atoms with van der Waals surface area (Å²) in [4.78, 5) is 13.5. The van der Waals surface area contributed by atoms with Crippen molar-refractivity contribution >= 4 is 17.3 Å². The molecule has 1 N–H and O–H groups in total. The molecule has 1 rings (SSSR count). The first-order valence-corrected chi connectivity index (χ1v) is 6.37. The summed E-state index contributed by atoms with van der Waals surface area (Å²) < 4.78 is 5.01. The molecule has 0 aliphatic carbocycles. The third-order valence-electron chi connectivity index (χ3n) is 2.67. The van der Waals surface area contributed by atoms with Crippen molar-refractivity contribution in [2.24, 2.45) is 0 Å². The molecule has 0 atom stereocenters. The SMILES string of the molecule is CCOC(=O)c1cccc(N(C=CC#N)CC#N)c1NC. The number of para-hydroxylation sites is 1. The number of rotatable bonds is 6. The standard InChI is InChI=1S/C15H16N4O2/c1-3-21-15(20)12-6-4-7-13(14(12)18-2)19(11-9-17)10-5-8-16/h4-7,10,18H,3,11H2,1-2H3. The van der Waals surface area contributed by atoms with Gasteiger partial charge < -0.3 is 15.0 Å². The lowest BCUT2D eigenvalue weighted by Gasteiger charge is -2.21. The summed E-state index contributed by atoms with van der Waals surface area (Å²) in [6.45, 7) is 2.07. The molecule has 6 nitrogen and oxygen atoms in total. The molecule has 0 spiro atoms. The summed E-state index contributed by atoms with van der Waals surface area (Å²) in [6, 6.07) is 9.00. The van der Waals surface area contributed by atoms with Gasteiger partial charge in [-0.1, -0.05) is 6.07 Å². The van der Waals surface area contributed by atoms with Crippen molar-refractivity contribution in [3.63, 3.8) is 0 Å². The summed E-state index contributed by atoms with van der Waals surface area (Å²) >= 11 is 0. The number of benzene rings is 1. The summed E-state index contributed by atoms with van der Waals surface area (Å²) in [5.74, 6) is -0.440. The Bertz CT molecular complexity index is 611. The van der Waals surface area contributed by atoms with Gasteiger partial charge >= 0.3 is 5.97 Å². The van der Waals surface area contributed by atoms with Crippen molar-refractivity contribution < 1.29 is 9.53 Å². The number of nitrogens with one attached hydrogen (secondary N) is 1. The zero-order chi connectivity index (χ0) is 15.7. The molecule has 108 valence electrons. The molecule has 0 heterocycles. The molecule has 0 aliphatic rings. The van der Waals surface area contributed by atoms with E-state index >= 15 is 0 Å². The maximum atomic E-state index is 12.0.